The van der Waals surface area contributed by atoms with Crippen molar-refractivity contribution in [3.05, 3.63) is 53.1 Å². The first-order chi connectivity index (χ1) is 12.9. The van der Waals surface area contributed by atoms with Gasteiger partial charge in [-0.2, -0.15) is 18.4 Å². The van der Waals surface area contributed by atoms with E-state index in [9.17, 15) is 13.2 Å². The Morgan fingerprint density at radius 3 is 2.59 bits per heavy atom. The normalized spacial score (nSPS) is 21.4. The summed E-state index contributed by atoms with van der Waals surface area (Å²) in [5.74, 6) is 0.557. The summed E-state index contributed by atoms with van der Waals surface area (Å²) in [6, 6.07) is 11.2. The Bertz CT molecular complexity index is 902. The second-order valence-electron chi connectivity index (χ2n) is 6.92. The Labute approximate surface area is 155 Å². The number of nitrogens with zero attached hydrogens (tertiary/aromatic N) is 2. The van der Waals surface area contributed by atoms with Crippen molar-refractivity contribution in [2.24, 2.45) is 0 Å². The lowest BCUT2D eigenvalue weighted by Crippen LogP contribution is -2.42. The molecule has 0 spiro atoms. The molecule has 1 fully saturated rings. The van der Waals surface area contributed by atoms with Crippen LogP contribution in [0, 0.1) is 11.3 Å². The minimum Gasteiger partial charge on any atom is -0.457 e. The molecule has 4 nitrogen and oxygen atoms in total. The highest BCUT2D eigenvalue weighted by atomic mass is 19.4. The van der Waals surface area contributed by atoms with Crippen molar-refractivity contribution < 1.29 is 17.9 Å². The summed E-state index contributed by atoms with van der Waals surface area (Å²) in [7, 11) is 1.74. The highest BCUT2D eigenvalue weighted by molar-refractivity contribution is 5.69. The summed E-state index contributed by atoms with van der Waals surface area (Å²) in [5, 5.41) is 12.1. The van der Waals surface area contributed by atoms with Crippen molar-refractivity contribution >= 4 is 5.69 Å². The van der Waals surface area contributed by atoms with Gasteiger partial charge in [0.15, 0.2) is 0 Å². The van der Waals surface area contributed by atoms with Crippen LogP contribution in [0.1, 0.15) is 29.0 Å². The van der Waals surface area contributed by atoms with Crippen LogP contribution >= 0.6 is 0 Å². The van der Waals surface area contributed by atoms with Crippen molar-refractivity contribution in [2.75, 3.05) is 25.0 Å². The van der Waals surface area contributed by atoms with Crippen LogP contribution in [0.15, 0.2) is 36.4 Å². The number of halogens is 3. The highest BCUT2D eigenvalue weighted by Crippen LogP contribution is 2.50. The summed E-state index contributed by atoms with van der Waals surface area (Å²) in [4.78, 5) is 1.77. The monoisotopic (exact) mass is 373 g/mol. The number of alkyl halides is 3. The topological polar surface area (TPSA) is 48.3 Å². The first-order valence-electron chi connectivity index (χ1n) is 8.75. The van der Waals surface area contributed by atoms with Crippen molar-refractivity contribution in [1.29, 1.82) is 5.26 Å². The number of ether oxygens (including phenoxy) is 1. The predicted molar refractivity (Wildman–Crippen MR) is 95.1 cm³/mol. The van der Waals surface area contributed by atoms with Crippen LogP contribution in [-0.2, 0) is 6.18 Å². The maximum absolute atomic E-state index is 13.8. The van der Waals surface area contributed by atoms with Crippen molar-refractivity contribution in [3.8, 4) is 17.6 Å². The number of hydrogen-bond acceptors (Lipinski definition) is 4. The second-order valence-corrected chi connectivity index (χ2v) is 6.92. The molecule has 2 heterocycles. The van der Waals surface area contributed by atoms with Gasteiger partial charge in [-0.15, -0.1) is 0 Å². The Kier molecular flexibility index (Phi) is 4.23. The van der Waals surface area contributed by atoms with Crippen LogP contribution in [0.3, 0.4) is 0 Å². The molecule has 2 aromatic rings. The third kappa shape index (κ3) is 3.10. The average Bonchev–Trinajstić information content (AvgIpc) is 2.94. The molecule has 1 N–H and O–H groups in total. The fourth-order valence-electron chi connectivity index (χ4n) is 4.11. The number of piperidine rings is 1. The van der Waals surface area contributed by atoms with Crippen molar-refractivity contribution in [3.63, 3.8) is 0 Å². The van der Waals surface area contributed by atoms with E-state index >= 15 is 0 Å². The molecule has 4 rings (SSSR count). The van der Waals surface area contributed by atoms with Gasteiger partial charge >= 0.3 is 6.18 Å². The maximum atomic E-state index is 13.8. The molecule has 2 aliphatic heterocycles. The quantitative estimate of drug-likeness (QED) is 0.854. The predicted octanol–water partition coefficient (Wildman–Crippen LogP) is 4.26. The summed E-state index contributed by atoms with van der Waals surface area (Å²) >= 11 is 0. The molecule has 0 aliphatic carbocycles. The number of fused-ring (bicyclic) bond motifs is 3. The summed E-state index contributed by atoms with van der Waals surface area (Å²) < 4.78 is 47.0. The minimum absolute atomic E-state index is 0.00404. The second kappa shape index (κ2) is 6.46. The van der Waals surface area contributed by atoms with Crippen LogP contribution < -0.4 is 15.0 Å². The molecule has 2 atom stereocenters. The van der Waals surface area contributed by atoms with E-state index in [4.69, 9.17) is 10.00 Å². The summed E-state index contributed by atoms with van der Waals surface area (Å²) in [6.07, 6.45) is -3.66. The van der Waals surface area contributed by atoms with Crippen LogP contribution in [-0.4, -0.2) is 26.2 Å². The maximum Gasteiger partial charge on any atom is 0.418 e. The molecule has 0 aromatic heterocycles. The summed E-state index contributed by atoms with van der Waals surface area (Å²) in [5.41, 5.74) is 0.729. The zero-order valence-corrected chi connectivity index (χ0v) is 14.7. The number of nitrogens with one attached hydrogen (secondary N) is 1. The van der Waals surface area contributed by atoms with Crippen LogP contribution in [0.5, 0.6) is 11.5 Å². The molecule has 1 unspecified atom stereocenters. The van der Waals surface area contributed by atoms with E-state index in [1.807, 2.05) is 6.07 Å². The molecule has 27 heavy (non-hydrogen) atoms. The van der Waals surface area contributed by atoms with E-state index in [2.05, 4.69) is 5.32 Å². The van der Waals surface area contributed by atoms with Gasteiger partial charge in [0.25, 0.3) is 0 Å². The molecule has 2 aromatic carbocycles. The van der Waals surface area contributed by atoms with Crippen LogP contribution in [0.25, 0.3) is 0 Å². The number of likely N-dealkylation sites (N-methyl/N-ethyl adjacent to an activating group) is 1. The lowest BCUT2D eigenvalue weighted by atomic mass is 9.89. The highest BCUT2D eigenvalue weighted by Gasteiger charge is 2.45. The molecular weight excluding hydrogens is 355 g/mol. The SMILES string of the molecule is CN1c2c(cc(Oc3ccc(C#N)cc3)cc2C(F)(F)F)C2CNCC[C@@H]21. The zero-order chi connectivity index (χ0) is 19.2. The number of anilines is 1. The molecule has 0 radical (unpaired) electrons. The Balaban J connectivity index is 1.77. The van der Waals surface area contributed by atoms with E-state index in [1.54, 1.807) is 42.3 Å². The molecule has 0 saturated carbocycles. The van der Waals surface area contributed by atoms with Crippen molar-refractivity contribution in [1.82, 2.24) is 5.32 Å². The zero-order valence-electron chi connectivity index (χ0n) is 14.7. The lowest BCUT2D eigenvalue weighted by Gasteiger charge is -2.31. The van der Waals surface area contributed by atoms with E-state index in [0.717, 1.165) is 19.0 Å². The van der Waals surface area contributed by atoms with E-state index in [1.165, 1.54) is 0 Å². The smallest absolute Gasteiger partial charge is 0.418 e. The molecular formula is C20H18F3N3O. The fraction of sp³-hybridized carbons (Fsp3) is 0.350. The Morgan fingerprint density at radius 1 is 1.19 bits per heavy atom. The third-order valence-electron chi connectivity index (χ3n) is 5.33. The van der Waals surface area contributed by atoms with Gasteiger partial charge in [-0.25, -0.2) is 0 Å². The van der Waals surface area contributed by atoms with Gasteiger partial charge in [-0.3, -0.25) is 0 Å². The molecule has 0 bridgehead atoms. The fourth-order valence-corrected chi connectivity index (χ4v) is 4.11. The number of nitriles is 1. The molecule has 140 valence electrons. The number of hydrogen-bond donors (Lipinski definition) is 1. The largest absolute Gasteiger partial charge is 0.457 e. The Hall–Kier alpha value is -2.72. The van der Waals surface area contributed by atoms with Crippen LogP contribution in [0.4, 0.5) is 18.9 Å². The molecule has 0 amide bonds. The Morgan fingerprint density at radius 2 is 1.93 bits per heavy atom. The average molecular weight is 373 g/mol. The molecule has 7 heteroatoms. The van der Waals surface area contributed by atoms with Gasteiger partial charge in [0.2, 0.25) is 0 Å². The van der Waals surface area contributed by atoms with E-state index in [0.29, 0.717) is 23.4 Å². The first kappa shape index (κ1) is 17.7. The van der Waals surface area contributed by atoms with Crippen LogP contribution in [0.2, 0.25) is 0 Å². The van der Waals surface area contributed by atoms with Gasteiger partial charge < -0.3 is 15.0 Å². The molecule has 1 saturated heterocycles. The van der Waals surface area contributed by atoms with E-state index in [-0.39, 0.29) is 23.4 Å². The number of rotatable bonds is 2. The van der Waals surface area contributed by atoms with Gasteiger partial charge in [-0.1, -0.05) is 0 Å². The number of benzene rings is 2. The van der Waals surface area contributed by atoms with Gasteiger partial charge in [0.05, 0.1) is 22.9 Å². The summed E-state index contributed by atoms with van der Waals surface area (Å²) in [6.45, 7) is 1.45. The van der Waals surface area contributed by atoms with Gasteiger partial charge in [0, 0.05) is 25.6 Å². The third-order valence-corrected chi connectivity index (χ3v) is 5.33. The molecule has 2 aliphatic rings. The minimum atomic E-state index is -4.47. The lowest BCUT2D eigenvalue weighted by molar-refractivity contribution is -0.137. The first-order valence-corrected chi connectivity index (χ1v) is 8.75. The van der Waals surface area contributed by atoms with Crippen molar-refractivity contribution in [2.45, 2.75) is 24.6 Å². The van der Waals surface area contributed by atoms with Gasteiger partial charge in [-0.05, 0) is 54.9 Å². The standard InChI is InChI=1S/C20H18F3N3O/c1-26-18-6-7-25-11-16(18)15-8-14(9-17(19(15)26)20(21,22)23)27-13-4-2-12(10-24)3-5-13/h2-5,8-9,16,18,25H,6-7,11H2,1H3/t16?,18-/m0/s1. The van der Waals surface area contributed by atoms with Gasteiger partial charge in [0.1, 0.15) is 11.5 Å². The van der Waals surface area contributed by atoms with E-state index < -0.39 is 11.7 Å².